The van der Waals surface area contributed by atoms with Crippen molar-refractivity contribution in [1.29, 1.82) is 5.26 Å². The van der Waals surface area contributed by atoms with Gasteiger partial charge >= 0.3 is 11.9 Å². The van der Waals surface area contributed by atoms with Crippen LogP contribution >= 0.6 is 11.3 Å². The van der Waals surface area contributed by atoms with Crippen LogP contribution in [0.1, 0.15) is 41.2 Å². The topological polar surface area (TPSA) is 150 Å². The normalized spacial score (nSPS) is 11.6. The molecule has 0 saturated heterocycles. The summed E-state index contributed by atoms with van der Waals surface area (Å²) in [6, 6.07) is 5.53. The maximum Gasteiger partial charge on any atom is 0.326 e. The number of carboxylic acid groups (broad SMARTS) is 2. The molecule has 0 radical (unpaired) electrons. The van der Waals surface area contributed by atoms with E-state index in [9.17, 15) is 19.6 Å². The molecule has 1 heterocycles. The van der Waals surface area contributed by atoms with Gasteiger partial charge in [-0.25, -0.2) is 9.78 Å². The van der Waals surface area contributed by atoms with Gasteiger partial charge in [0.05, 0.1) is 24.3 Å². The zero-order valence-electron chi connectivity index (χ0n) is 16.6. The lowest BCUT2D eigenvalue weighted by Gasteiger charge is -2.11. The van der Waals surface area contributed by atoms with Gasteiger partial charge in [0, 0.05) is 5.56 Å². The molecule has 0 aliphatic rings. The van der Waals surface area contributed by atoms with Crippen molar-refractivity contribution < 1.29 is 29.3 Å². The quantitative estimate of drug-likeness (QED) is 0.548. The van der Waals surface area contributed by atoms with Crippen LogP contribution in [0.4, 0.5) is 0 Å². The summed E-state index contributed by atoms with van der Waals surface area (Å²) in [6.45, 7) is 6.05. The monoisotopic (exact) mass is 431 g/mol. The molecule has 0 fully saturated rings. The number of ether oxygens (including phenoxy) is 1. The van der Waals surface area contributed by atoms with Crippen LogP contribution < -0.4 is 10.1 Å². The van der Waals surface area contributed by atoms with Gasteiger partial charge in [-0.15, -0.1) is 11.3 Å². The molecule has 2 aromatic rings. The summed E-state index contributed by atoms with van der Waals surface area (Å²) in [6.07, 6.45) is -0.741. The number of carbonyl (C=O) groups is 3. The molecule has 0 aliphatic heterocycles. The minimum absolute atomic E-state index is 0.167. The lowest BCUT2D eigenvalue weighted by Crippen LogP contribution is -2.42. The maximum absolute atomic E-state index is 12.5. The number of aryl methyl sites for hydroxylation is 1. The van der Waals surface area contributed by atoms with E-state index < -0.39 is 30.3 Å². The number of hydrogen-bond donors (Lipinski definition) is 3. The maximum atomic E-state index is 12.5. The van der Waals surface area contributed by atoms with E-state index >= 15 is 0 Å². The van der Waals surface area contributed by atoms with Gasteiger partial charge in [-0.2, -0.15) is 5.26 Å². The molecule has 0 aliphatic carbocycles. The molecule has 0 saturated carbocycles. The van der Waals surface area contributed by atoms with Crippen LogP contribution in [0.5, 0.6) is 5.75 Å². The van der Waals surface area contributed by atoms with Gasteiger partial charge in [0.1, 0.15) is 27.7 Å². The lowest BCUT2D eigenvalue weighted by molar-refractivity contribution is -0.145. The Bertz CT molecular complexity index is 1010. The average molecular weight is 431 g/mol. The third-order valence-electron chi connectivity index (χ3n) is 3.90. The Morgan fingerprint density at radius 2 is 2.00 bits per heavy atom. The van der Waals surface area contributed by atoms with Crippen LogP contribution in [0, 0.1) is 24.2 Å². The number of nitrogens with zero attached hydrogens (tertiary/aromatic N) is 2. The fourth-order valence-corrected chi connectivity index (χ4v) is 3.43. The fourth-order valence-electron chi connectivity index (χ4n) is 2.46. The molecule has 1 aromatic carbocycles. The first-order valence-electron chi connectivity index (χ1n) is 9.02. The fraction of sp³-hybridized carbons (Fsp3) is 0.350. The smallest absolute Gasteiger partial charge is 0.326 e. The van der Waals surface area contributed by atoms with E-state index in [0.717, 1.165) is 11.3 Å². The predicted octanol–water partition coefficient (Wildman–Crippen LogP) is 2.68. The van der Waals surface area contributed by atoms with Gasteiger partial charge in [-0.1, -0.05) is 13.8 Å². The zero-order chi connectivity index (χ0) is 22.4. The molecule has 1 aromatic heterocycles. The van der Waals surface area contributed by atoms with Crippen LogP contribution in [0.3, 0.4) is 0 Å². The van der Waals surface area contributed by atoms with Gasteiger partial charge in [-0.3, -0.25) is 9.59 Å². The van der Waals surface area contributed by atoms with Crippen LogP contribution in [0.15, 0.2) is 18.2 Å². The van der Waals surface area contributed by atoms with Crippen molar-refractivity contribution in [3.05, 3.63) is 34.3 Å². The van der Waals surface area contributed by atoms with E-state index in [2.05, 4.69) is 16.4 Å². The number of aliphatic carboxylic acids is 2. The molecule has 1 unspecified atom stereocenters. The number of thiazole rings is 1. The van der Waals surface area contributed by atoms with Crippen molar-refractivity contribution in [3.8, 4) is 22.4 Å². The van der Waals surface area contributed by atoms with E-state index in [-0.39, 0.29) is 4.88 Å². The molecule has 158 valence electrons. The van der Waals surface area contributed by atoms with Gasteiger partial charge < -0.3 is 20.3 Å². The van der Waals surface area contributed by atoms with E-state index in [1.165, 1.54) is 0 Å². The molecule has 0 spiro atoms. The third-order valence-corrected chi connectivity index (χ3v) is 5.11. The highest BCUT2D eigenvalue weighted by Crippen LogP contribution is 2.31. The number of carbonyl (C=O) groups excluding carboxylic acids is 1. The van der Waals surface area contributed by atoms with Gasteiger partial charge in [0.2, 0.25) is 0 Å². The molecule has 0 bridgehead atoms. The van der Waals surface area contributed by atoms with E-state index in [1.807, 2.05) is 13.8 Å². The summed E-state index contributed by atoms with van der Waals surface area (Å²) in [5, 5.41) is 30.0. The van der Waals surface area contributed by atoms with Gasteiger partial charge in [-0.05, 0) is 31.0 Å². The summed E-state index contributed by atoms with van der Waals surface area (Å²) in [4.78, 5) is 38.9. The van der Waals surface area contributed by atoms with Crippen molar-refractivity contribution in [2.75, 3.05) is 6.61 Å². The van der Waals surface area contributed by atoms with Crippen LogP contribution in [0.2, 0.25) is 0 Å². The van der Waals surface area contributed by atoms with Gasteiger partial charge in [0.25, 0.3) is 5.91 Å². The number of hydrogen-bond acceptors (Lipinski definition) is 7. The van der Waals surface area contributed by atoms with E-state index in [0.29, 0.717) is 40.1 Å². The largest absolute Gasteiger partial charge is 0.492 e. The summed E-state index contributed by atoms with van der Waals surface area (Å²) < 4.78 is 5.64. The van der Waals surface area contributed by atoms with Crippen LogP contribution in [-0.2, 0) is 9.59 Å². The first kappa shape index (κ1) is 22.8. The second-order valence-corrected chi connectivity index (χ2v) is 7.92. The second kappa shape index (κ2) is 9.84. The Labute approximate surface area is 176 Å². The predicted molar refractivity (Wildman–Crippen MR) is 108 cm³/mol. The zero-order valence-corrected chi connectivity index (χ0v) is 17.4. The number of aromatic nitrogens is 1. The first-order valence-corrected chi connectivity index (χ1v) is 9.84. The molecule has 9 nitrogen and oxygen atoms in total. The SMILES string of the molecule is Cc1nc(-c2ccc(OCC(C)C)c(C#N)c2)sc1C(=O)NC(CC(=O)O)C(=O)O. The summed E-state index contributed by atoms with van der Waals surface area (Å²) in [5.41, 5.74) is 1.31. The Morgan fingerprint density at radius 3 is 2.57 bits per heavy atom. The Morgan fingerprint density at radius 1 is 1.30 bits per heavy atom. The Balaban J connectivity index is 2.27. The molecular formula is C20H21N3O6S. The number of rotatable bonds is 9. The number of carboxylic acids is 2. The molecule has 3 N–H and O–H groups in total. The second-order valence-electron chi connectivity index (χ2n) is 6.92. The molecule has 1 atom stereocenters. The van der Waals surface area contributed by atoms with E-state index in [1.54, 1.807) is 25.1 Å². The van der Waals surface area contributed by atoms with Crippen molar-refractivity contribution in [1.82, 2.24) is 10.3 Å². The van der Waals surface area contributed by atoms with Gasteiger partial charge in [0.15, 0.2) is 0 Å². The molecule has 30 heavy (non-hydrogen) atoms. The van der Waals surface area contributed by atoms with Crippen LogP contribution in [-0.4, -0.2) is 45.7 Å². The highest BCUT2D eigenvalue weighted by atomic mass is 32.1. The van der Waals surface area contributed by atoms with Crippen LogP contribution in [0.25, 0.3) is 10.6 Å². The summed E-state index contributed by atoms with van der Waals surface area (Å²) in [5.74, 6) is -2.74. The summed E-state index contributed by atoms with van der Waals surface area (Å²) >= 11 is 1.02. The number of nitrogens with one attached hydrogen (secondary N) is 1. The average Bonchev–Trinajstić information content (AvgIpc) is 3.06. The number of nitriles is 1. The molecule has 1 amide bonds. The first-order chi connectivity index (χ1) is 14.1. The summed E-state index contributed by atoms with van der Waals surface area (Å²) in [7, 11) is 0. The standard InChI is InChI=1S/C20H21N3O6S/c1-10(2)9-29-15-5-4-12(6-13(15)8-21)19-22-11(3)17(30-19)18(26)23-14(20(27)28)7-16(24)25/h4-6,10,14H,7,9H2,1-3H3,(H,23,26)(H,24,25)(H,27,28). The molecule has 10 heteroatoms. The van der Waals surface area contributed by atoms with Crippen molar-refractivity contribution in [2.24, 2.45) is 5.92 Å². The highest BCUT2D eigenvalue weighted by Gasteiger charge is 2.26. The van der Waals surface area contributed by atoms with E-state index in [4.69, 9.17) is 14.9 Å². The van der Waals surface area contributed by atoms with Crippen molar-refractivity contribution >= 4 is 29.2 Å². The Hall–Kier alpha value is -3.45. The Kier molecular flexibility index (Phi) is 7.49. The number of benzene rings is 1. The minimum Gasteiger partial charge on any atom is -0.492 e. The van der Waals surface area contributed by atoms with Crippen molar-refractivity contribution in [3.63, 3.8) is 0 Å². The highest BCUT2D eigenvalue weighted by molar-refractivity contribution is 7.17. The number of amides is 1. The lowest BCUT2D eigenvalue weighted by atomic mass is 10.1. The van der Waals surface area contributed by atoms with Crippen molar-refractivity contribution in [2.45, 2.75) is 33.2 Å². The minimum atomic E-state index is -1.55. The third kappa shape index (κ3) is 5.78. The molecular weight excluding hydrogens is 410 g/mol. The molecule has 2 rings (SSSR count).